The Morgan fingerprint density at radius 1 is 1.57 bits per heavy atom. The van der Waals surface area contributed by atoms with E-state index in [9.17, 15) is 8.42 Å². The molecule has 6 heteroatoms. The molecule has 1 unspecified atom stereocenters. The normalized spacial score (nSPS) is 25.9. The Labute approximate surface area is 82.9 Å². The first kappa shape index (κ1) is 9.51. The summed E-state index contributed by atoms with van der Waals surface area (Å²) < 4.78 is 22.6. The lowest BCUT2D eigenvalue weighted by Crippen LogP contribution is -2.35. The molecule has 2 N–H and O–H groups in total. The van der Waals surface area contributed by atoms with Crippen molar-refractivity contribution in [1.82, 2.24) is 9.97 Å². The number of aromatic amines is 1. The largest absolute Gasteiger partial charge is 0.352 e. The molecule has 0 spiro atoms. The second-order valence-corrected chi connectivity index (χ2v) is 5.76. The Hall–Kier alpha value is -1.04. The van der Waals surface area contributed by atoms with Crippen LogP contribution in [0.5, 0.6) is 0 Å². The van der Waals surface area contributed by atoms with E-state index in [2.05, 4.69) is 15.3 Å². The standard InChI is InChI=1S/C8H13N3O2S/c12-14(13)5-1-2-7(6-14)11-8-9-3-4-10-8/h3-4,7H,1-2,5-6H2,(H2,9,10,11). The van der Waals surface area contributed by atoms with Crippen molar-refractivity contribution in [1.29, 1.82) is 0 Å². The van der Waals surface area contributed by atoms with Crippen LogP contribution in [0.25, 0.3) is 0 Å². The first-order valence-corrected chi connectivity index (χ1v) is 6.44. The number of nitrogens with one attached hydrogen (secondary N) is 2. The average molecular weight is 215 g/mol. The van der Waals surface area contributed by atoms with Gasteiger partial charge in [0.05, 0.1) is 11.5 Å². The van der Waals surface area contributed by atoms with Gasteiger partial charge in [-0.05, 0) is 12.8 Å². The van der Waals surface area contributed by atoms with Crippen molar-refractivity contribution >= 4 is 15.8 Å². The number of aromatic nitrogens is 2. The third-order valence-electron chi connectivity index (χ3n) is 2.30. The van der Waals surface area contributed by atoms with E-state index >= 15 is 0 Å². The molecule has 1 saturated heterocycles. The SMILES string of the molecule is O=S1(=O)CCCC(Nc2ncc[nH]2)C1. The van der Waals surface area contributed by atoms with Crippen molar-refractivity contribution in [3.05, 3.63) is 12.4 Å². The molecule has 1 atom stereocenters. The molecule has 1 aliphatic rings. The summed E-state index contributed by atoms with van der Waals surface area (Å²) >= 11 is 0. The van der Waals surface area contributed by atoms with Gasteiger partial charge in [0.25, 0.3) is 0 Å². The van der Waals surface area contributed by atoms with Gasteiger partial charge >= 0.3 is 0 Å². The minimum atomic E-state index is -2.84. The molecule has 2 heterocycles. The highest BCUT2D eigenvalue weighted by atomic mass is 32.2. The summed E-state index contributed by atoms with van der Waals surface area (Å²) in [6, 6.07) is -0.0000926. The van der Waals surface area contributed by atoms with Gasteiger partial charge in [-0.25, -0.2) is 13.4 Å². The molecule has 1 aliphatic heterocycles. The number of hydrogen-bond acceptors (Lipinski definition) is 4. The zero-order valence-electron chi connectivity index (χ0n) is 7.73. The van der Waals surface area contributed by atoms with Crippen LogP contribution in [0.2, 0.25) is 0 Å². The fraction of sp³-hybridized carbons (Fsp3) is 0.625. The number of nitrogens with zero attached hydrogens (tertiary/aromatic N) is 1. The number of hydrogen-bond donors (Lipinski definition) is 2. The Kier molecular flexibility index (Phi) is 2.45. The molecule has 0 radical (unpaired) electrons. The van der Waals surface area contributed by atoms with Crippen molar-refractivity contribution in [2.24, 2.45) is 0 Å². The highest BCUT2D eigenvalue weighted by molar-refractivity contribution is 7.91. The topological polar surface area (TPSA) is 74.8 Å². The molecule has 1 fully saturated rings. The van der Waals surface area contributed by atoms with E-state index in [1.54, 1.807) is 12.4 Å². The molecule has 1 aromatic rings. The maximum Gasteiger partial charge on any atom is 0.200 e. The number of H-pyrrole nitrogens is 1. The summed E-state index contributed by atoms with van der Waals surface area (Å²) in [6.45, 7) is 0. The maximum absolute atomic E-state index is 11.3. The Balaban J connectivity index is 1.99. The van der Waals surface area contributed by atoms with Gasteiger partial charge in [0, 0.05) is 18.4 Å². The number of sulfone groups is 1. The van der Waals surface area contributed by atoms with Crippen molar-refractivity contribution in [3.63, 3.8) is 0 Å². The fourth-order valence-corrected chi connectivity index (χ4v) is 3.31. The van der Waals surface area contributed by atoms with E-state index in [4.69, 9.17) is 0 Å². The lowest BCUT2D eigenvalue weighted by atomic mass is 10.2. The van der Waals surface area contributed by atoms with Crippen molar-refractivity contribution in [2.45, 2.75) is 18.9 Å². The summed E-state index contributed by atoms with van der Waals surface area (Å²) in [5.41, 5.74) is 0. The summed E-state index contributed by atoms with van der Waals surface area (Å²) in [6.07, 6.45) is 4.97. The van der Waals surface area contributed by atoms with Crippen molar-refractivity contribution < 1.29 is 8.42 Å². The summed E-state index contributed by atoms with van der Waals surface area (Å²) in [7, 11) is -2.84. The van der Waals surface area contributed by atoms with Crippen LogP contribution in [0, 0.1) is 0 Å². The first-order valence-electron chi connectivity index (χ1n) is 4.62. The van der Waals surface area contributed by atoms with E-state index in [0.717, 1.165) is 12.8 Å². The highest BCUT2D eigenvalue weighted by Crippen LogP contribution is 2.14. The molecule has 14 heavy (non-hydrogen) atoms. The molecule has 0 bridgehead atoms. The van der Waals surface area contributed by atoms with Crippen molar-refractivity contribution in [3.8, 4) is 0 Å². The molecule has 5 nitrogen and oxygen atoms in total. The van der Waals surface area contributed by atoms with Crippen molar-refractivity contribution in [2.75, 3.05) is 16.8 Å². The molecule has 78 valence electrons. The van der Waals surface area contributed by atoms with Gasteiger partial charge in [0.15, 0.2) is 15.8 Å². The molecule has 2 rings (SSSR count). The van der Waals surface area contributed by atoms with Crippen LogP contribution in [-0.4, -0.2) is 35.9 Å². The number of rotatable bonds is 2. The van der Waals surface area contributed by atoms with Gasteiger partial charge in [-0.1, -0.05) is 0 Å². The van der Waals surface area contributed by atoms with Crippen LogP contribution >= 0.6 is 0 Å². The van der Waals surface area contributed by atoms with Gasteiger partial charge in [-0.2, -0.15) is 0 Å². The van der Waals surface area contributed by atoms with E-state index in [0.29, 0.717) is 11.7 Å². The van der Waals surface area contributed by atoms with E-state index in [1.165, 1.54) is 0 Å². The number of anilines is 1. The molecular weight excluding hydrogens is 202 g/mol. The quantitative estimate of drug-likeness (QED) is 0.748. The van der Waals surface area contributed by atoms with Crippen LogP contribution in [-0.2, 0) is 9.84 Å². The molecule has 0 aromatic carbocycles. The van der Waals surface area contributed by atoms with E-state index < -0.39 is 9.84 Å². The summed E-state index contributed by atoms with van der Waals surface area (Å²) in [5, 5.41) is 3.07. The van der Waals surface area contributed by atoms with Gasteiger partial charge in [0.2, 0.25) is 0 Å². The molecule has 0 amide bonds. The van der Waals surface area contributed by atoms with Crippen LogP contribution < -0.4 is 5.32 Å². The zero-order valence-corrected chi connectivity index (χ0v) is 8.55. The predicted octanol–water partition coefficient (Wildman–Crippen LogP) is 0.399. The molecule has 1 aromatic heterocycles. The summed E-state index contributed by atoms with van der Waals surface area (Å²) in [4.78, 5) is 6.89. The van der Waals surface area contributed by atoms with Gasteiger partial charge in [-0.3, -0.25) is 0 Å². The Morgan fingerprint density at radius 2 is 2.43 bits per heavy atom. The predicted molar refractivity (Wildman–Crippen MR) is 53.9 cm³/mol. The second-order valence-electron chi connectivity index (χ2n) is 3.54. The molecule has 0 aliphatic carbocycles. The Morgan fingerprint density at radius 3 is 3.07 bits per heavy atom. The van der Waals surface area contributed by atoms with Crippen LogP contribution in [0.4, 0.5) is 5.95 Å². The smallest absolute Gasteiger partial charge is 0.200 e. The monoisotopic (exact) mass is 215 g/mol. The fourth-order valence-electron chi connectivity index (χ4n) is 1.67. The van der Waals surface area contributed by atoms with Gasteiger partial charge in [0.1, 0.15) is 0 Å². The van der Waals surface area contributed by atoms with Gasteiger partial charge in [-0.15, -0.1) is 0 Å². The Bertz CT molecular complexity index is 385. The minimum Gasteiger partial charge on any atom is -0.352 e. The molecular formula is C8H13N3O2S. The molecule has 0 saturated carbocycles. The lowest BCUT2D eigenvalue weighted by molar-refractivity contribution is 0.561. The van der Waals surface area contributed by atoms with E-state index in [1.807, 2.05) is 0 Å². The second kappa shape index (κ2) is 3.61. The third-order valence-corrected chi connectivity index (χ3v) is 4.12. The van der Waals surface area contributed by atoms with E-state index in [-0.39, 0.29) is 11.8 Å². The first-order chi connectivity index (χ1) is 6.66. The van der Waals surface area contributed by atoms with Crippen LogP contribution in [0.15, 0.2) is 12.4 Å². The maximum atomic E-state index is 11.3. The highest BCUT2D eigenvalue weighted by Gasteiger charge is 2.24. The summed E-state index contributed by atoms with van der Waals surface area (Å²) in [5.74, 6) is 1.18. The third kappa shape index (κ3) is 2.25. The van der Waals surface area contributed by atoms with Crippen LogP contribution in [0.3, 0.4) is 0 Å². The number of imidazole rings is 1. The van der Waals surface area contributed by atoms with Gasteiger partial charge < -0.3 is 10.3 Å². The minimum absolute atomic E-state index is 0.0000926. The van der Waals surface area contributed by atoms with Crippen LogP contribution in [0.1, 0.15) is 12.8 Å². The zero-order chi connectivity index (χ0) is 10.0. The lowest BCUT2D eigenvalue weighted by Gasteiger charge is -2.22. The average Bonchev–Trinajstić information content (AvgIpc) is 2.54.